The van der Waals surface area contributed by atoms with Crippen molar-refractivity contribution in [3.63, 3.8) is 0 Å². The quantitative estimate of drug-likeness (QED) is 0.542. The van der Waals surface area contributed by atoms with Gasteiger partial charge < -0.3 is 19.9 Å². The van der Waals surface area contributed by atoms with Gasteiger partial charge in [0, 0.05) is 24.7 Å². The van der Waals surface area contributed by atoms with Crippen molar-refractivity contribution in [3.8, 4) is 11.5 Å². The number of carbonyl (C=O) groups is 1. The lowest BCUT2D eigenvalue weighted by Gasteiger charge is -2.66. The van der Waals surface area contributed by atoms with Crippen LogP contribution >= 0.6 is 0 Å². The van der Waals surface area contributed by atoms with E-state index in [2.05, 4.69) is 11.0 Å². The van der Waals surface area contributed by atoms with E-state index >= 15 is 4.39 Å². The number of likely N-dealkylation sites (tertiary alicyclic amines) is 1. The Hall–Kier alpha value is -2.64. The van der Waals surface area contributed by atoms with Gasteiger partial charge in [0.05, 0.1) is 11.5 Å². The van der Waals surface area contributed by atoms with Crippen LogP contribution in [-0.2, 0) is 28.0 Å². The Labute approximate surface area is 230 Å². The Morgan fingerprint density at radius 1 is 1.15 bits per heavy atom. The fourth-order valence-electron chi connectivity index (χ4n) is 7.85. The fourth-order valence-corrected chi connectivity index (χ4v) is 7.85. The number of carbonyl (C=O) groups excluding carboxylic acids is 1. The van der Waals surface area contributed by atoms with Crippen LogP contribution in [0.2, 0.25) is 0 Å². The standard InChI is InChI=1S/C32H39FN2O4/c1-30(2,3)29(36)39-31-14-13-22(34)28-32(31)24(33)17-35(16-19-9-10-19)25(31)15-21-11-12-23(27(38-28)26(21)32)37-18-20-7-5-4-6-8-20/h4-8,11-12,19,22,24-25,28H,9-10,13-18,34H2,1-3H3/t22-,24-,25+,28+,31-,32+/m1/s1. The Morgan fingerprint density at radius 2 is 1.92 bits per heavy atom. The molecule has 2 aliphatic heterocycles. The van der Waals surface area contributed by atoms with Gasteiger partial charge in [-0.2, -0.15) is 0 Å². The number of piperidine rings is 1. The minimum atomic E-state index is -1.29. The molecule has 2 N–H and O–H groups in total. The molecule has 6 atom stereocenters. The minimum Gasteiger partial charge on any atom is -0.485 e. The smallest absolute Gasteiger partial charge is 0.311 e. The Bertz CT molecular complexity index is 1290. The van der Waals surface area contributed by atoms with Gasteiger partial charge in [-0.3, -0.25) is 9.69 Å². The number of alkyl halides is 1. The third-order valence-electron chi connectivity index (χ3n) is 9.85. The predicted molar refractivity (Wildman–Crippen MR) is 145 cm³/mol. The van der Waals surface area contributed by atoms with E-state index in [9.17, 15) is 4.79 Å². The van der Waals surface area contributed by atoms with Crippen LogP contribution in [0.5, 0.6) is 11.5 Å². The van der Waals surface area contributed by atoms with Crippen molar-refractivity contribution in [1.82, 2.24) is 4.90 Å². The highest BCUT2D eigenvalue weighted by molar-refractivity contribution is 5.77. The molecule has 1 saturated heterocycles. The van der Waals surface area contributed by atoms with E-state index in [1.165, 1.54) is 12.8 Å². The number of halogens is 1. The zero-order valence-corrected chi connectivity index (χ0v) is 23.1. The van der Waals surface area contributed by atoms with Gasteiger partial charge in [-0.25, -0.2) is 4.39 Å². The average molecular weight is 535 g/mol. The number of nitrogens with zero attached hydrogens (tertiary/aromatic N) is 1. The molecule has 1 spiro atoms. The van der Waals surface area contributed by atoms with Gasteiger partial charge in [0.2, 0.25) is 0 Å². The van der Waals surface area contributed by atoms with E-state index in [4.69, 9.17) is 19.9 Å². The van der Waals surface area contributed by atoms with E-state index < -0.39 is 28.7 Å². The molecule has 7 heteroatoms. The molecule has 0 radical (unpaired) electrons. The van der Waals surface area contributed by atoms with Crippen LogP contribution in [-0.4, -0.2) is 53.9 Å². The van der Waals surface area contributed by atoms with Crippen molar-refractivity contribution < 1.29 is 23.4 Å². The summed E-state index contributed by atoms with van der Waals surface area (Å²) in [4.78, 5) is 15.9. The first-order chi connectivity index (χ1) is 18.6. The molecular weight excluding hydrogens is 495 g/mol. The second-order valence-corrected chi connectivity index (χ2v) is 13.4. The number of nitrogens with two attached hydrogens (primary N) is 1. The number of benzene rings is 2. The third-order valence-corrected chi connectivity index (χ3v) is 9.85. The average Bonchev–Trinajstić information content (AvgIpc) is 3.64. The molecule has 208 valence electrons. The van der Waals surface area contributed by atoms with Crippen molar-refractivity contribution >= 4 is 5.97 Å². The summed E-state index contributed by atoms with van der Waals surface area (Å²) in [5, 5.41) is 0. The van der Waals surface area contributed by atoms with Crippen LogP contribution in [0.1, 0.15) is 63.1 Å². The van der Waals surface area contributed by atoms with Crippen LogP contribution in [0.3, 0.4) is 0 Å². The molecule has 0 aromatic heterocycles. The van der Waals surface area contributed by atoms with Gasteiger partial charge in [0.25, 0.3) is 0 Å². The van der Waals surface area contributed by atoms with Crippen molar-refractivity contribution in [3.05, 3.63) is 59.2 Å². The molecule has 39 heavy (non-hydrogen) atoms. The lowest BCUT2D eigenvalue weighted by molar-refractivity contribution is -0.240. The number of hydrogen-bond acceptors (Lipinski definition) is 6. The maximum atomic E-state index is 17.2. The number of esters is 1. The summed E-state index contributed by atoms with van der Waals surface area (Å²) < 4.78 is 36.9. The minimum absolute atomic E-state index is 0.121. The summed E-state index contributed by atoms with van der Waals surface area (Å²) in [7, 11) is 0. The van der Waals surface area contributed by atoms with E-state index in [1.54, 1.807) is 0 Å². The first-order valence-corrected chi connectivity index (χ1v) is 14.5. The highest BCUT2D eigenvalue weighted by atomic mass is 19.1. The third kappa shape index (κ3) is 3.61. The fraction of sp³-hybridized carbons (Fsp3) is 0.594. The van der Waals surface area contributed by atoms with Crippen LogP contribution < -0.4 is 15.2 Å². The summed E-state index contributed by atoms with van der Waals surface area (Å²) in [5.41, 5.74) is 6.75. The van der Waals surface area contributed by atoms with E-state index in [0.717, 1.165) is 23.2 Å². The van der Waals surface area contributed by atoms with Gasteiger partial charge in [-0.1, -0.05) is 36.4 Å². The van der Waals surface area contributed by atoms with Gasteiger partial charge in [-0.05, 0) is 76.0 Å². The first kappa shape index (κ1) is 25.3. The normalized spacial score (nSPS) is 34.7. The molecule has 2 heterocycles. The molecule has 0 amide bonds. The molecule has 2 aromatic carbocycles. The first-order valence-electron chi connectivity index (χ1n) is 14.5. The summed E-state index contributed by atoms with van der Waals surface area (Å²) in [6, 6.07) is 13.5. The van der Waals surface area contributed by atoms with E-state index in [0.29, 0.717) is 49.8 Å². The lowest BCUT2D eigenvalue weighted by Crippen LogP contribution is -2.82. The van der Waals surface area contributed by atoms with Crippen molar-refractivity contribution in [2.75, 3.05) is 13.1 Å². The molecule has 2 bridgehead atoms. The van der Waals surface area contributed by atoms with Crippen molar-refractivity contribution in [2.45, 2.75) is 94.9 Å². The Morgan fingerprint density at radius 3 is 2.64 bits per heavy atom. The summed E-state index contributed by atoms with van der Waals surface area (Å²) in [6.07, 6.45) is 2.25. The van der Waals surface area contributed by atoms with Crippen LogP contribution in [0.25, 0.3) is 0 Å². The zero-order chi connectivity index (χ0) is 27.2. The maximum Gasteiger partial charge on any atom is 0.311 e. The Kier molecular flexibility index (Phi) is 5.64. The van der Waals surface area contributed by atoms with E-state index in [1.807, 2.05) is 57.2 Å². The number of rotatable bonds is 6. The lowest BCUT2D eigenvalue weighted by atomic mass is 9.47. The second-order valence-electron chi connectivity index (χ2n) is 13.4. The summed E-state index contributed by atoms with van der Waals surface area (Å²) >= 11 is 0. The monoisotopic (exact) mass is 534 g/mol. The number of hydrogen-bond donors (Lipinski definition) is 1. The molecule has 7 rings (SSSR count). The predicted octanol–water partition coefficient (Wildman–Crippen LogP) is 4.70. The largest absolute Gasteiger partial charge is 0.485 e. The molecule has 0 unspecified atom stereocenters. The van der Waals surface area contributed by atoms with Crippen LogP contribution in [0.4, 0.5) is 4.39 Å². The van der Waals surface area contributed by atoms with Crippen molar-refractivity contribution in [1.29, 1.82) is 0 Å². The second kappa shape index (κ2) is 8.68. The summed E-state index contributed by atoms with van der Waals surface area (Å²) in [6.45, 7) is 7.11. The van der Waals surface area contributed by atoms with E-state index in [-0.39, 0.29) is 18.1 Å². The highest BCUT2D eigenvalue weighted by Crippen LogP contribution is 2.67. The molecule has 2 aromatic rings. The maximum absolute atomic E-state index is 17.2. The van der Waals surface area contributed by atoms with Crippen LogP contribution in [0, 0.1) is 11.3 Å². The van der Waals surface area contributed by atoms with Gasteiger partial charge in [0.15, 0.2) is 11.5 Å². The highest BCUT2D eigenvalue weighted by Gasteiger charge is 2.79. The van der Waals surface area contributed by atoms with Gasteiger partial charge >= 0.3 is 5.97 Å². The Balaban J connectivity index is 1.39. The number of ether oxygens (including phenoxy) is 3. The van der Waals surface area contributed by atoms with Gasteiger partial charge in [-0.15, -0.1) is 0 Å². The zero-order valence-electron chi connectivity index (χ0n) is 23.1. The molecule has 5 aliphatic rings. The van der Waals surface area contributed by atoms with Crippen molar-refractivity contribution in [2.24, 2.45) is 17.1 Å². The van der Waals surface area contributed by atoms with Crippen LogP contribution in [0.15, 0.2) is 42.5 Å². The summed E-state index contributed by atoms with van der Waals surface area (Å²) in [5.74, 6) is 1.47. The topological polar surface area (TPSA) is 74.0 Å². The van der Waals surface area contributed by atoms with Gasteiger partial charge in [0.1, 0.15) is 29.9 Å². The molecular formula is C32H39FN2O4. The molecule has 3 fully saturated rings. The molecule has 6 nitrogen and oxygen atoms in total. The molecule has 3 aliphatic carbocycles. The SMILES string of the molecule is CC(C)(C)C(=O)O[C@@]12CC[C@@H](N)[C@@H]3Oc4c(OCc5ccccc5)ccc5c4[C@@]31[C@H](F)CN(CC1CC1)[C@H]2C5. The molecule has 2 saturated carbocycles.